The van der Waals surface area contributed by atoms with Gasteiger partial charge in [0.05, 0.1) is 15.6 Å². The summed E-state index contributed by atoms with van der Waals surface area (Å²) in [7, 11) is 0. The predicted molar refractivity (Wildman–Crippen MR) is 94.7 cm³/mol. The second-order valence-corrected chi connectivity index (χ2v) is 6.11. The molecule has 2 aromatic rings. The summed E-state index contributed by atoms with van der Waals surface area (Å²) in [6, 6.07) is 11.9. The van der Waals surface area contributed by atoms with E-state index >= 15 is 0 Å². The van der Waals surface area contributed by atoms with E-state index in [0.29, 0.717) is 13.2 Å². The number of hydrogen-bond acceptors (Lipinski definition) is 2. The molecule has 0 aliphatic heterocycles. The number of hydrogen-bond donors (Lipinski definition) is 1. The Kier molecular flexibility index (Phi) is 5.72. The van der Waals surface area contributed by atoms with Gasteiger partial charge in [-0.05, 0) is 74.7 Å². The number of benzene rings is 2. The van der Waals surface area contributed by atoms with E-state index in [0.717, 1.165) is 31.5 Å². The lowest BCUT2D eigenvalue weighted by atomic mass is 10.2. The van der Waals surface area contributed by atoms with Crippen LogP contribution in [0.3, 0.4) is 0 Å². The first kappa shape index (κ1) is 15.9. The summed E-state index contributed by atoms with van der Waals surface area (Å²) in [4.78, 5) is 0. The van der Waals surface area contributed by atoms with Crippen LogP contribution in [0.25, 0.3) is 0 Å². The van der Waals surface area contributed by atoms with Crippen molar-refractivity contribution in [2.45, 2.75) is 13.5 Å². The third-order valence-electron chi connectivity index (χ3n) is 2.87. The Balaban J connectivity index is 2.11. The number of ether oxygens (including phenoxy) is 1. The lowest BCUT2D eigenvalue weighted by Crippen LogP contribution is -2.01. The fraction of sp³-hybridized carbons (Fsp3) is 0.176. The molecule has 0 fully saturated rings. The lowest BCUT2D eigenvalue weighted by molar-refractivity contribution is 0.336. The maximum Gasteiger partial charge on any atom is 0.147 e. The van der Waals surface area contributed by atoms with Gasteiger partial charge in [-0.1, -0.05) is 12.0 Å². The van der Waals surface area contributed by atoms with Crippen LogP contribution in [-0.2, 0) is 6.54 Å². The highest BCUT2D eigenvalue weighted by atomic mass is 79.9. The molecule has 0 aliphatic carbocycles. The van der Waals surface area contributed by atoms with Crippen LogP contribution in [0.5, 0.6) is 5.75 Å². The van der Waals surface area contributed by atoms with Crippen molar-refractivity contribution in [1.29, 1.82) is 0 Å². The van der Waals surface area contributed by atoms with Gasteiger partial charge in [0, 0.05) is 17.8 Å². The number of halogens is 2. The molecule has 0 unspecified atom stereocenters. The number of terminal acetylenes is 1. The van der Waals surface area contributed by atoms with Gasteiger partial charge in [-0.2, -0.15) is 0 Å². The van der Waals surface area contributed by atoms with Crippen molar-refractivity contribution in [3.05, 3.63) is 56.5 Å². The Labute approximate surface area is 142 Å². The topological polar surface area (TPSA) is 21.3 Å². The minimum absolute atomic E-state index is 0.633. The van der Waals surface area contributed by atoms with E-state index in [1.807, 2.05) is 43.3 Å². The Morgan fingerprint density at radius 3 is 2.52 bits per heavy atom. The molecule has 4 heteroatoms. The maximum atomic E-state index is 5.58. The highest BCUT2D eigenvalue weighted by Crippen LogP contribution is 2.35. The molecule has 0 heterocycles. The van der Waals surface area contributed by atoms with Crippen molar-refractivity contribution in [3.8, 4) is 18.1 Å². The lowest BCUT2D eigenvalue weighted by Gasteiger charge is -2.12. The average molecular weight is 409 g/mol. The average Bonchev–Trinajstić information content (AvgIpc) is 2.49. The summed E-state index contributed by atoms with van der Waals surface area (Å²) in [5.74, 6) is 3.46. The molecule has 108 valence electrons. The van der Waals surface area contributed by atoms with Crippen LogP contribution in [-0.4, -0.2) is 6.61 Å². The van der Waals surface area contributed by atoms with Crippen LogP contribution in [0.4, 0.5) is 5.69 Å². The molecule has 0 spiro atoms. The van der Waals surface area contributed by atoms with Gasteiger partial charge in [0.1, 0.15) is 5.75 Å². The zero-order valence-electron chi connectivity index (χ0n) is 11.6. The van der Waals surface area contributed by atoms with E-state index in [2.05, 4.69) is 43.1 Å². The van der Waals surface area contributed by atoms with E-state index < -0.39 is 0 Å². The molecule has 0 amide bonds. The van der Waals surface area contributed by atoms with E-state index in [1.165, 1.54) is 0 Å². The number of nitrogens with one attached hydrogen (secondary N) is 1. The molecule has 0 saturated heterocycles. The first-order valence-electron chi connectivity index (χ1n) is 6.55. The zero-order chi connectivity index (χ0) is 15.2. The van der Waals surface area contributed by atoms with Gasteiger partial charge in [-0.25, -0.2) is 0 Å². The smallest absolute Gasteiger partial charge is 0.147 e. The summed E-state index contributed by atoms with van der Waals surface area (Å²) >= 11 is 7.08. The van der Waals surface area contributed by atoms with Crippen LogP contribution < -0.4 is 10.1 Å². The fourth-order valence-corrected chi connectivity index (χ4v) is 3.43. The second-order valence-electron chi connectivity index (χ2n) is 4.40. The van der Waals surface area contributed by atoms with Crippen molar-refractivity contribution in [1.82, 2.24) is 0 Å². The third kappa shape index (κ3) is 4.26. The molecule has 0 saturated carbocycles. The van der Waals surface area contributed by atoms with Crippen LogP contribution in [0.2, 0.25) is 0 Å². The van der Waals surface area contributed by atoms with E-state index in [1.54, 1.807) is 0 Å². The molecular weight excluding hydrogens is 394 g/mol. The second kappa shape index (κ2) is 7.53. The van der Waals surface area contributed by atoms with Gasteiger partial charge in [0.2, 0.25) is 0 Å². The van der Waals surface area contributed by atoms with Crippen molar-refractivity contribution >= 4 is 37.5 Å². The molecule has 0 atom stereocenters. The molecule has 0 aliphatic rings. The molecule has 2 nitrogen and oxygen atoms in total. The zero-order valence-corrected chi connectivity index (χ0v) is 14.8. The van der Waals surface area contributed by atoms with E-state index in [-0.39, 0.29) is 0 Å². The SMILES string of the molecule is C#Cc1cccc(NCc2cc(Br)c(OCC)c(Br)c2)c1. The first-order valence-corrected chi connectivity index (χ1v) is 8.14. The Morgan fingerprint density at radius 2 is 1.90 bits per heavy atom. The quantitative estimate of drug-likeness (QED) is 0.686. The molecule has 0 radical (unpaired) electrons. The van der Waals surface area contributed by atoms with Crippen LogP contribution in [0.15, 0.2) is 45.3 Å². The van der Waals surface area contributed by atoms with E-state index in [4.69, 9.17) is 11.2 Å². The molecular formula is C17H15Br2NO. The summed E-state index contributed by atoms with van der Waals surface area (Å²) in [6.07, 6.45) is 5.41. The van der Waals surface area contributed by atoms with Gasteiger partial charge < -0.3 is 10.1 Å². The molecule has 2 rings (SSSR count). The maximum absolute atomic E-state index is 5.58. The Bertz CT molecular complexity index is 654. The minimum atomic E-state index is 0.633. The molecule has 2 aromatic carbocycles. The van der Waals surface area contributed by atoms with Crippen molar-refractivity contribution in [3.63, 3.8) is 0 Å². The van der Waals surface area contributed by atoms with Gasteiger partial charge in [-0.15, -0.1) is 6.42 Å². The largest absolute Gasteiger partial charge is 0.492 e. The monoisotopic (exact) mass is 407 g/mol. The molecule has 0 aromatic heterocycles. The first-order chi connectivity index (χ1) is 10.1. The highest BCUT2D eigenvalue weighted by molar-refractivity contribution is 9.11. The predicted octanol–water partition coefficient (Wildman–Crippen LogP) is 5.20. The molecule has 0 bridgehead atoms. The minimum Gasteiger partial charge on any atom is -0.492 e. The van der Waals surface area contributed by atoms with Crippen molar-refractivity contribution in [2.24, 2.45) is 0 Å². The molecule has 1 N–H and O–H groups in total. The summed E-state index contributed by atoms with van der Waals surface area (Å²) in [5.41, 5.74) is 3.02. The number of anilines is 1. The van der Waals surface area contributed by atoms with Crippen LogP contribution in [0, 0.1) is 12.3 Å². The van der Waals surface area contributed by atoms with Crippen molar-refractivity contribution in [2.75, 3.05) is 11.9 Å². The molecule has 21 heavy (non-hydrogen) atoms. The fourth-order valence-electron chi connectivity index (χ4n) is 1.92. The van der Waals surface area contributed by atoms with Crippen LogP contribution >= 0.6 is 31.9 Å². The van der Waals surface area contributed by atoms with Gasteiger partial charge in [0.15, 0.2) is 0 Å². The summed E-state index contributed by atoms with van der Waals surface area (Å²) in [5, 5.41) is 3.36. The Hall–Kier alpha value is -1.44. The third-order valence-corrected chi connectivity index (χ3v) is 4.05. The Morgan fingerprint density at radius 1 is 1.19 bits per heavy atom. The number of rotatable bonds is 5. The highest BCUT2D eigenvalue weighted by Gasteiger charge is 2.08. The standard InChI is InChI=1S/C17H15Br2NO/c1-3-12-6-5-7-14(8-12)20-11-13-9-15(18)17(21-4-2)16(19)10-13/h1,5-10,20H,4,11H2,2H3. The van der Waals surface area contributed by atoms with E-state index in [9.17, 15) is 0 Å². The van der Waals surface area contributed by atoms with Crippen LogP contribution in [0.1, 0.15) is 18.1 Å². The van der Waals surface area contributed by atoms with Gasteiger partial charge >= 0.3 is 0 Å². The summed E-state index contributed by atoms with van der Waals surface area (Å²) < 4.78 is 7.45. The van der Waals surface area contributed by atoms with Gasteiger partial charge in [-0.3, -0.25) is 0 Å². The summed E-state index contributed by atoms with van der Waals surface area (Å²) in [6.45, 7) is 3.30. The normalized spacial score (nSPS) is 10.0. The van der Waals surface area contributed by atoms with Gasteiger partial charge in [0.25, 0.3) is 0 Å². The van der Waals surface area contributed by atoms with Crippen molar-refractivity contribution < 1.29 is 4.74 Å².